The first-order chi connectivity index (χ1) is 16.3. The van der Waals surface area contributed by atoms with Gasteiger partial charge in [0.25, 0.3) is 11.7 Å². The van der Waals surface area contributed by atoms with Gasteiger partial charge in [0, 0.05) is 26.5 Å². The average molecular weight is 530 g/mol. The van der Waals surface area contributed by atoms with Gasteiger partial charge in [-0.15, -0.1) is 0 Å². The third-order valence-electron chi connectivity index (χ3n) is 5.80. The van der Waals surface area contributed by atoms with Crippen LogP contribution < -0.4 is 4.74 Å². The van der Waals surface area contributed by atoms with Gasteiger partial charge in [0.2, 0.25) is 0 Å². The van der Waals surface area contributed by atoms with E-state index in [2.05, 4.69) is 20.9 Å². The van der Waals surface area contributed by atoms with E-state index < -0.39 is 17.7 Å². The molecule has 1 aliphatic heterocycles. The number of ether oxygens (including phenoxy) is 2. The van der Waals surface area contributed by atoms with Crippen LogP contribution in [-0.2, 0) is 14.3 Å². The van der Waals surface area contributed by atoms with Crippen molar-refractivity contribution in [3.05, 3.63) is 63.5 Å². The summed E-state index contributed by atoms with van der Waals surface area (Å²) in [6, 6.07) is 7.64. The summed E-state index contributed by atoms with van der Waals surface area (Å²) >= 11 is 3.31. The molecule has 0 spiro atoms. The maximum absolute atomic E-state index is 13.3. The standard InChI is InChI=1S/C24H24BrN3O6/c1-13-19(27-8-5-4-7-17(27)26-13)22(30)18-20(14-11-15(25)21(29)16(12-14)34-3)28(9-6-10-33-2)24(32)23(18)31/h4-5,7-8,11-12,20,29-30H,6,9-10H2,1-3H3/b22-18+. The quantitative estimate of drug-likeness (QED) is 0.208. The van der Waals surface area contributed by atoms with Crippen molar-refractivity contribution in [2.75, 3.05) is 27.4 Å². The smallest absolute Gasteiger partial charge is 0.295 e. The highest BCUT2D eigenvalue weighted by molar-refractivity contribution is 9.10. The van der Waals surface area contributed by atoms with E-state index in [0.717, 1.165) is 0 Å². The van der Waals surface area contributed by atoms with E-state index in [1.54, 1.807) is 48.9 Å². The molecule has 1 atom stereocenters. The Bertz CT molecular complexity index is 1320. The van der Waals surface area contributed by atoms with Crippen LogP contribution >= 0.6 is 15.9 Å². The van der Waals surface area contributed by atoms with Gasteiger partial charge >= 0.3 is 0 Å². The predicted molar refractivity (Wildman–Crippen MR) is 128 cm³/mol. The minimum Gasteiger partial charge on any atom is -0.505 e. The van der Waals surface area contributed by atoms with E-state index in [4.69, 9.17) is 9.47 Å². The molecule has 0 bridgehead atoms. The van der Waals surface area contributed by atoms with Crippen molar-refractivity contribution in [3.63, 3.8) is 0 Å². The number of imidazole rings is 1. The second-order valence-electron chi connectivity index (χ2n) is 7.87. The summed E-state index contributed by atoms with van der Waals surface area (Å²) in [5, 5.41) is 21.7. The number of fused-ring (bicyclic) bond motifs is 1. The molecule has 2 N–H and O–H groups in total. The van der Waals surface area contributed by atoms with Crippen molar-refractivity contribution < 1.29 is 29.3 Å². The number of aryl methyl sites for hydroxylation is 1. The van der Waals surface area contributed by atoms with Crippen LogP contribution in [0.2, 0.25) is 0 Å². The van der Waals surface area contributed by atoms with Gasteiger partial charge in [-0.25, -0.2) is 4.98 Å². The number of carbonyl (C=O) groups excluding carboxylic acids is 2. The van der Waals surface area contributed by atoms with E-state index in [-0.39, 0.29) is 29.4 Å². The number of phenols is 1. The Balaban J connectivity index is 1.96. The summed E-state index contributed by atoms with van der Waals surface area (Å²) in [5.41, 5.74) is 1.88. The molecule has 1 saturated heterocycles. The number of pyridine rings is 1. The van der Waals surface area contributed by atoms with Crippen molar-refractivity contribution >= 4 is 39.0 Å². The summed E-state index contributed by atoms with van der Waals surface area (Å²) in [4.78, 5) is 32.2. The number of aliphatic hydroxyl groups excluding tert-OH is 1. The van der Waals surface area contributed by atoms with Gasteiger partial charge in [0.1, 0.15) is 11.3 Å². The zero-order chi connectivity index (χ0) is 24.6. The third-order valence-corrected chi connectivity index (χ3v) is 6.41. The maximum atomic E-state index is 13.3. The molecule has 10 heteroatoms. The Hall–Kier alpha value is -3.37. The van der Waals surface area contributed by atoms with Crippen molar-refractivity contribution in [1.29, 1.82) is 0 Å². The van der Waals surface area contributed by atoms with Crippen LogP contribution in [0.4, 0.5) is 0 Å². The lowest BCUT2D eigenvalue weighted by Gasteiger charge is -2.26. The molecule has 3 aromatic rings. The van der Waals surface area contributed by atoms with Crippen LogP contribution in [0.5, 0.6) is 11.5 Å². The largest absolute Gasteiger partial charge is 0.505 e. The molecular weight excluding hydrogens is 506 g/mol. The molecule has 0 saturated carbocycles. The second kappa shape index (κ2) is 9.47. The molecule has 1 fully saturated rings. The summed E-state index contributed by atoms with van der Waals surface area (Å²) in [7, 11) is 2.96. The van der Waals surface area contributed by atoms with E-state index in [1.165, 1.54) is 12.0 Å². The topological polar surface area (TPSA) is 114 Å². The molecule has 3 heterocycles. The maximum Gasteiger partial charge on any atom is 0.295 e. The Morgan fingerprint density at radius 3 is 2.71 bits per heavy atom. The number of aromatic nitrogens is 2. The number of hydrogen-bond acceptors (Lipinski definition) is 7. The van der Waals surface area contributed by atoms with Crippen LogP contribution in [-0.4, -0.2) is 63.6 Å². The number of halogens is 1. The Kier molecular flexibility index (Phi) is 6.63. The monoisotopic (exact) mass is 529 g/mol. The summed E-state index contributed by atoms with van der Waals surface area (Å²) < 4.78 is 12.4. The number of carbonyl (C=O) groups is 2. The SMILES string of the molecule is COCCCN1C(=O)C(=O)/C(=C(/O)c2c(C)nc3ccccn23)C1c1cc(Br)c(O)c(OC)c1. The molecule has 1 unspecified atom stereocenters. The number of benzene rings is 1. The number of phenolic OH excluding ortho intramolecular Hbond substituents is 1. The number of Topliss-reactive ketones (excluding diaryl/α,β-unsaturated/α-hetero) is 1. The minimum atomic E-state index is -0.906. The van der Waals surface area contributed by atoms with Crippen molar-refractivity contribution in [2.45, 2.75) is 19.4 Å². The van der Waals surface area contributed by atoms with Crippen LogP contribution in [0.1, 0.15) is 29.4 Å². The molecule has 0 aliphatic carbocycles. The molecule has 0 radical (unpaired) electrons. The van der Waals surface area contributed by atoms with Gasteiger partial charge in [0.15, 0.2) is 17.3 Å². The van der Waals surface area contributed by atoms with Gasteiger partial charge in [-0.1, -0.05) is 6.07 Å². The van der Waals surface area contributed by atoms with Gasteiger partial charge < -0.3 is 24.6 Å². The zero-order valence-corrected chi connectivity index (χ0v) is 20.5. The first kappa shape index (κ1) is 23.8. The van der Waals surface area contributed by atoms with Crippen LogP contribution in [0.3, 0.4) is 0 Å². The Morgan fingerprint density at radius 2 is 2.00 bits per heavy atom. The molecule has 9 nitrogen and oxygen atoms in total. The summed E-state index contributed by atoms with van der Waals surface area (Å²) in [5.74, 6) is -1.79. The summed E-state index contributed by atoms with van der Waals surface area (Å²) in [6.45, 7) is 2.35. The second-order valence-corrected chi connectivity index (χ2v) is 8.72. The number of ketones is 1. The van der Waals surface area contributed by atoms with Gasteiger partial charge in [-0.2, -0.15) is 0 Å². The highest BCUT2D eigenvalue weighted by Gasteiger charge is 2.46. The van der Waals surface area contributed by atoms with E-state index in [0.29, 0.717) is 40.1 Å². The number of aliphatic hydroxyl groups is 1. The highest BCUT2D eigenvalue weighted by atomic mass is 79.9. The molecule has 1 amide bonds. The Labute approximate surface area is 204 Å². The van der Waals surface area contributed by atoms with Crippen LogP contribution in [0.25, 0.3) is 11.4 Å². The number of methoxy groups -OCH3 is 2. The van der Waals surface area contributed by atoms with Crippen LogP contribution in [0, 0.1) is 6.92 Å². The molecule has 4 rings (SSSR count). The van der Waals surface area contributed by atoms with Crippen molar-refractivity contribution in [1.82, 2.24) is 14.3 Å². The number of nitrogens with zero attached hydrogens (tertiary/aromatic N) is 3. The fraction of sp³-hybridized carbons (Fsp3) is 0.292. The number of hydrogen-bond donors (Lipinski definition) is 2. The number of rotatable bonds is 7. The molecule has 2 aromatic heterocycles. The molecular formula is C24H24BrN3O6. The lowest BCUT2D eigenvalue weighted by molar-refractivity contribution is -0.140. The number of amides is 1. The average Bonchev–Trinajstić information content (AvgIpc) is 3.28. The van der Waals surface area contributed by atoms with E-state index in [1.807, 2.05) is 6.07 Å². The van der Waals surface area contributed by atoms with Crippen molar-refractivity contribution in [3.8, 4) is 11.5 Å². The molecule has 1 aliphatic rings. The molecule has 178 valence electrons. The van der Waals surface area contributed by atoms with Gasteiger partial charge in [-0.3, -0.25) is 14.0 Å². The van der Waals surface area contributed by atoms with Gasteiger partial charge in [-0.05, 0) is 59.1 Å². The third kappa shape index (κ3) is 3.92. The molecule has 1 aromatic carbocycles. The molecule has 34 heavy (non-hydrogen) atoms. The first-order valence-corrected chi connectivity index (χ1v) is 11.4. The van der Waals surface area contributed by atoms with E-state index >= 15 is 0 Å². The normalized spacial score (nSPS) is 17.6. The number of likely N-dealkylation sites (tertiary alicyclic amines) is 1. The lowest BCUT2D eigenvalue weighted by atomic mass is 9.95. The fourth-order valence-electron chi connectivity index (χ4n) is 4.27. The first-order valence-electron chi connectivity index (χ1n) is 10.6. The zero-order valence-electron chi connectivity index (χ0n) is 18.9. The summed E-state index contributed by atoms with van der Waals surface area (Å²) in [6.07, 6.45) is 2.22. The highest BCUT2D eigenvalue weighted by Crippen LogP contribution is 2.44. The lowest BCUT2D eigenvalue weighted by Crippen LogP contribution is -2.31. The number of aromatic hydroxyl groups is 1. The minimum absolute atomic E-state index is 0.0594. The fourth-order valence-corrected chi connectivity index (χ4v) is 4.73. The Morgan fingerprint density at radius 1 is 1.24 bits per heavy atom. The van der Waals surface area contributed by atoms with Crippen LogP contribution in [0.15, 0.2) is 46.6 Å². The van der Waals surface area contributed by atoms with Gasteiger partial charge in [0.05, 0.1) is 28.9 Å². The van der Waals surface area contributed by atoms with E-state index in [9.17, 15) is 19.8 Å². The van der Waals surface area contributed by atoms with Crippen molar-refractivity contribution in [2.24, 2.45) is 0 Å². The predicted octanol–water partition coefficient (Wildman–Crippen LogP) is 3.58.